The average Bonchev–Trinajstić information content (AvgIpc) is 2.48. The highest BCUT2D eigenvalue weighted by Gasteiger charge is 2.44. The van der Waals surface area contributed by atoms with Gasteiger partial charge in [0.2, 0.25) is 0 Å². The summed E-state index contributed by atoms with van der Waals surface area (Å²) in [4.78, 5) is 0. The Morgan fingerprint density at radius 2 is 1.86 bits per heavy atom. The molecule has 1 unspecified atom stereocenters. The third-order valence-corrected chi connectivity index (χ3v) is 5.16. The Hall–Kier alpha value is -0.860. The second-order valence-corrected chi connectivity index (χ2v) is 7.33. The van der Waals surface area contributed by atoms with Crippen molar-refractivity contribution in [3.63, 3.8) is 0 Å². The molecule has 21 heavy (non-hydrogen) atoms. The SMILES string of the molecule is CCCc1cccc(C(O)C2(OC)CCC(C)(C)CC2)c1. The van der Waals surface area contributed by atoms with Gasteiger partial charge in [0.25, 0.3) is 0 Å². The van der Waals surface area contributed by atoms with Crippen molar-refractivity contribution in [3.05, 3.63) is 35.4 Å². The lowest BCUT2D eigenvalue weighted by Crippen LogP contribution is -2.43. The van der Waals surface area contributed by atoms with Gasteiger partial charge in [-0.15, -0.1) is 0 Å². The molecule has 0 aromatic heterocycles. The third-order valence-electron chi connectivity index (χ3n) is 5.16. The molecule has 2 heteroatoms. The Labute approximate surface area is 129 Å². The van der Waals surface area contributed by atoms with Crippen molar-refractivity contribution in [2.45, 2.75) is 71.0 Å². The molecule has 1 aromatic carbocycles. The van der Waals surface area contributed by atoms with Gasteiger partial charge >= 0.3 is 0 Å². The number of hydrogen-bond acceptors (Lipinski definition) is 2. The Bertz CT molecular complexity index is 454. The molecule has 1 aliphatic rings. The van der Waals surface area contributed by atoms with Gasteiger partial charge in [0.05, 0.1) is 5.60 Å². The van der Waals surface area contributed by atoms with Crippen LogP contribution >= 0.6 is 0 Å². The highest BCUT2D eigenvalue weighted by molar-refractivity contribution is 5.27. The van der Waals surface area contributed by atoms with Gasteiger partial charge in [-0.3, -0.25) is 0 Å². The molecular formula is C19H30O2. The van der Waals surface area contributed by atoms with E-state index in [1.54, 1.807) is 7.11 Å². The smallest absolute Gasteiger partial charge is 0.108 e. The molecule has 0 saturated heterocycles. The fourth-order valence-corrected chi connectivity index (χ4v) is 3.45. The highest BCUT2D eigenvalue weighted by Crippen LogP contribution is 2.47. The van der Waals surface area contributed by atoms with Crippen LogP contribution in [0.25, 0.3) is 0 Å². The predicted octanol–water partition coefficient (Wildman–Crippen LogP) is 4.66. The first-order valence-corrected chi connectivity index (χ1v) is 8.24. The van der Waals surface area contributed by atoms with Crippen LogP contribution < -0.4 is 0 Å². The van der Waals surface area contributed by atoms with Gasteiger partial charge in [-0.1, -0.05) is 51.5 Å². The van der Waals surface area contributed by atoms with Crippen molar-refractivity contribution < 1.29 is 9.84 Å². The molecule has 0 spiro atoms. The van der Waals surface area contributed by atoms with E-state index < -0.39 is 11.7 Å². The summed E-state index contributed by atoms with van der Waals surface area (Å²) in [5.41, 5.74) is 2.26. The largest absolute Gasteiger partial charge is 0.385 e. The zero-order valence-corrected chi connectivity index (χ0v) is 14.0. The Morgan fingerprint density at radius 3 is 2.43 bits per heavy atom. The molecule has 1 saturated carbocycles. The summed E-state index contributed by atoms with van der Waals surface area (Å²) in [5, 5.41) is 10.9. The molecule has 1 atom stereocenters. The maximum Gasteiger partial charge on any atom is 0.108 e. The van der Waals surface area contributed by atoms with Crippen molar-refractivity contribution in [2.24, 2.45) is 5.41 Å². The van der Waals surface area contributed by atoms with E-state index in [4.69, 9.17) is 4.74 Å². The van der Waals surface area contributed by atoms with Crippen LogP contribution in [0.3, 0.4) is 0 Å². The quantitative estimate of drug-likeness (QED) is 0.854. The van der Waals surface area contributed by atoms with Crippen LogP contribution in [-0.2, 0) is 11.2 Å². The van der Waals surface area contributed by atoms with E-state index >= 15 is 0 Å². The molecule has 1 N–H and O–H groups in total. The van der Waals surface area contributed by atoms with E-state index in [0.29, 0.717) is 5.41 Å². The normalized spacial score (nSPS) is 22.0. The summed E-state index contributed by atoms with van der Waals surface area (Å²) in [7, 11) is 1.75. The number of methoxy groups -OCH3 is 1. The topological polar surface area (TPSA) is 29.5 Å². The van der Waals surface area contributed by atoms with Gasteiger partial charge in [0.1, 0.15) is 6.10 Å². The van der Waals surface area contributed by atoms with Crippen molar-refractivity contribution in [1.82, 2.24) is 0 Å². The maximum absolute atomic E-state index is 10.9. The molecule has 1 aliphatic carbocycles. The van der Waals surface area contributed by atoms with Crippen LogP contribution in [0.1, 0.15) is 70.1 Å². The van der Waals surface area contributed by atoms with Crippen LogP contribution in [0.2, 0.25) is 0 Å². The van der Waals surface area contributed by atoms with E-state index in [9.17, 15) is 5.11 Å². The summed E-state index contributed by atoms with van der Waals surface area (Å²) in [6.07, 6.45) is 5.72. The summed E-state index contributed by atoms with van der Waals surface area (Å²) in [6, 6.07) is 8.38. The van der Waals surface area contributed by atoms with Crippen LogP contribution in [0.5, 0.6) is 0 Å². The molecule has 0 radical (unpaired) electrons. The lowest BCUT2D eigenvalue weighted by molar-refractivity contribution is -0.138. The molecule has 0 aliphatic heterocycles. The molecule has 2 rings (SSSR count). The minimum Gasteiger partial charge on any atom is -0.385 e. The number of rotatable bonds is 5. The first kappa shape index (κ1) is 16.5. The van der Waals surface area contributed by atoms with Crippen LogP contribution in [-0.4, -0.2) is 17.8 Å². The standard InChI is InChI=1S/C19H30O2/c1-5-7-15-8-6-9-16(14-15)17(20)19(21-4)12-10-18(2,3)11-13-19/h6,8-9,14,17,20H,5,7,10-13H2,1-4H3. The number of aliphatic hydroxyl groups excluding tert-OH is 1. The van der Waals surface area contributed by atoms with Crippen LogP contribution in [0.4, 0.5) is 0 Å². The van der Waals surface area contributed by atoms with E-state index in [1.165, 1.54) is 5.56 Å². The number of ether oxygens (including phenoxy) is 1. The van der Waals surface area contributed by atoms with Gasteiger partial charge < -0.3 is 9.84 Å². The van der Waals surface area contributed by atoms with Gasteiger partial charge in [0, 0.05) is 7.11 Å². The minimum absolute atomic E-state index is 0.367. The molecule has 2 nitrogen and oxygen atoms in total. The number of hydrogen-bond donors (Lipinski definition) is 1. The summed E-state index contributed by atoms with van der Waals surface area (Å²) in [5.74, 6) is 0. The van der Waals surface area contributed by atoms with E-state index in [2.05, 4.69) is 39.0 Å². The molecule has 1 fully saturated rings. The molecular weight excluding hydrogens is 260 g/mol. The lowest BCUT2D eigenvalue weighted by atomic mass is 9.68. The van der Waals surface area contributed by atoms with Gasteiger partial charge in [-0.05, 0) is 48.6 Å². The van der Waals surface area contributed by atoms with E-state index in [-0.39, 0.29) is 0 Å². The first-order valence-electron chi connectivity index (χ1n) is 8.24. The molecule has 0 bridgehead atoms. The van der Waals surface area contributed by atoms with E-state index in [1.807, 2.05) is 6.07 Å². The summed E-state index contributed by atoms with van der Waals surface area (Å²) < 4.78 is 5.84. The number of aliphatic hydroxyl groups is 1. The van der Waals surface area contributed by atoms with Crippen molar-refractivity contribution >= 4 is 0 Å². The Morgan fingerprint density at radius 1 is 1.19 bits per heavy atom. The van der Waals surface area contributed by atoms with E-state index in [0.717, 1.165) is 44.1 Å². The Balaban J connectivity index is 2.20. The van der Waals surface area contributed by atoms with Gasteiger partial charge in [0.15, 0.2) is 0 Å². The monoisotopic (exact) mass is 290 g/mol. The summed E-state index contributed by atoms with van der Waals surface area (Å²) >= 11 is 0. The molecule has 0 amide bonds. The summed E-state index contributed by atoms with van der Waals surface area (Å²) in [6.45, 7) is 6.80. The molecule has 0 heterocycles. The van der Waals surface area contributed by atoms with Crippen molar-refractivity contribution in [3.8, 4) is 0 Å². The highest BCUT2D eigenvalue weighted by atomic mass is 16.5. The minimum atomic E-state index is -0.532. The van der Waals surface area contributed by atoms with Crippen molar-refractivity contribution in [1.29, 1.82) is 0 Å². The average molecular weight is 290 g/mol. The van der Waals surface area contributed by atoms with Crippen LogP contribution in [0, 0.1) is 5.41 Å². The van der Waals surface area contributed by atoms with Crippen LogP contribution in [0.15, 0.2) is 24.3 Å². The second-order valence-electron chi connectivity index (χ2n) is 7.33. The zero-order chi connectivity index (χ0) is 15.5. The molecule has 118 valence electrons. The Kier molecular flexibility index (Phi) is 5.11. The lowest BCUT2D eigenvalue weighted by Gasteiger charge is -2.45. The third kappa shape index (κ3) is 3.67. The van der Waals surface area contributed by atoms with Gasteiger partial charge in [-0.2, -0.15) is 0 Å². The number of aryl methyl sites for hydroxylation is 1. The zero-order valence-electron chi connectivity index (χ0n) is 14.0. The maximum atomic E-state index is 10.9. The van der Waals surface area contributed by atoms with Gasteiger partial charge in [-0.25, -0.2) is 0 Å². The molecule has 1 aromatic rings. The second kappa shape index (κ2) is 6.50. The fourth-order valence-electron chi connectivity index (χ4n) is 3.45. The fraction of sp³-hybridized carbons (Fsp3) is 0.684. The van der Waals surface area contributed by atoms with Crippen molar-refractivity contribution in [2.75, 3.05) is 7.11 Å². The number of benzene rings is 1. The first-order chi connectivity index (χ1) is 9.92. The predicted molar refractivity (Wildman–Crippen MR) is 87.4 cm³/mol.